The van der Waals surface area contributed by atoms with Crippen LogP contribution in [0.25, 0.3) is 0 Å². The second kappa shape index (κ2) is 5.93. The third kappa shape index (κ3) is 3.37. The number of carboxylic acid groups (broad SMARTS) is 1. The van der Waals surface area contributed by atoms with Crippen LogP contribution in [0.15, 0.2) is 23.1 Å². The van der Waals surface area contributed by atoms with Crippen molar-refractivity contribution in [3.63, 3.8) is 0 Å². The van der Waals surface area contributed by atoms with E-state index in [2.05, 4.69) is 4.72 Å². The normalized spacial score (nSPS) is 12.4. The maximum atomic E-state index is 12.4. The van der Waals surface area contributed by atoms with Crippen molar-refractivity contribution in [2.45, 2.75) is 51.0 Å². The molecule has 20 heavy (non-hydrogen) atoms. The Balaban J connectivity index is 3.26. The van der Waals surface area contributed by atoms with Crippen molar-refractivity contribution in [1.82, 2.24) is 4.72 Å². The summed E-state index contributed by atoms with van der Waals surface area (Å²) in [6, 6.07) is 4.93. The van der Waals surface area contributed by atoms with Crippen molar-refractivity contribution >= 4 is 16.0 Å². The molecular formula is C14H21NO4S. The summed E-state index contributed by atoms with van der Waals surface area (Å²) in [6.07, 6.45) is 0.367. The molecule has 0 saturated heterocycles. The van der Waals surface area contributed by atoms with Gasteiger partial charge in [0.05, 0.1) is 4.90 Å². The van der Waals surface area contributed by atoms with Gasteiger partial charge >= 0.3 is 5.97 Å². The summed E-state index contributed by atoms with van der Waals surface area (Å²) in [4.78, 5) is 11.5. The maximum absolute atomic E-state index is 12.4. The lowest BCUT2D eigenvalue weighted by atomic mass is 9.95. The predicted octanol–water partition coefficient (Wildman–Crippen LogP) is 2.23. The highest BCUT2D eigenvalue weighted by Gasteiger charge is 2.39. The summed E-state index contributed by atoms with van der Waals surface area (Å²) in [5.41, 5.74) is 0.176. The third-order valence-electron chi connectivity index (χ3n) is 3.45. The van der Waals surface area contributed by atoms with E-state index in [1.54, 1.807) is 27.7 Å². The van der Waals surface area contributed by atoms with Crippen LogP contribution in [0.5, 0.6) is 0 Å². The van der Waals surface area contributed by atoms with Crippen molar-refractivity contribution < 1.29 is 18.3 Å². The van der Waals surface area contributed by atoms with Crippen molar-refractivity contribution in [2.24, 2.45) is 0 Å². The van der Waals surface area contributed by atoms with E-state index in [1.165, 1.54) is 12.1 Å². The first-order valence-corrected chi connectivity index (χ1v) is 8.01. The molecule has 6 heteroatoms. The fourth-order valence-corrected chi connectivity index (χ4v) is 3.83. The van der Waals surface area contributed by atoms with E-state index >= 15 is 0 Å². The van der Waals surface area contributed by atoms with Crippen molar-refractivity contribution in [3.8, 4) is 0 Å². The molecule has 0 aliphatic heterocycles. The Labute approximate surface area is 120 Å². The Bertz CT molecular complexity index is 583. The summed E-state index contributed by atoms with van der Waals surface area (Å²) < 4.78 is 27.1. The number of hydrogen-bond donors (Lipinski definition) is 2. The Kier molecular flexibility index (Phi) is 4.94. The number of aryl methyl sites for hydroxylation is 2. The molecule has 0 spiro atoms. The lowest BCUT2D eigenvalue weighted by Gasteiger charge is -2.27. The molecule has 2 N–H and O–H groups in total. The third-order valence-corrected chi connectivity index (χ3v) is 4.97. The minimum Gasteiger partial charge on any atom is -0.480 e. The molecule has 0 unspecified atom stereocenters. The standard InChI is InChI=1S/C14H21NO4S/c1-5-14(6-2,13(16)17)15-20(18,19)12-8-10(3)7-11(4)9-12/h7-9,15H,5-6H2,1-4H3,(H,16,17). The van der Waals surface area contributed by atoms with Gasteiger partial charge in [0.25, 0.3) is 0 Å². The second-order valence-electron chi connectivity index (χ2n) is 5.02. The lowest BCUT2D eigenvalue weighted by molar-refractivity contribution is -0.144. The zero-order chi connectivity index (χ0) is 15.6. The molecule has 0 fully saturated rings. The van der Waals surface area contributed by atoms with Crippen LogP contribution < -0.4 is 4.72 Å². The molecule has 112 valence electrons. The number of benzene rings is 1. The van der Waals surface area contributed by atoms with Crippen LogP contribution in [0.3, 0.4) is 0 Å². The molecule has 0 saturated carbocycles. The highest BCUT2D eigenvalue weighted by atomic mass is 32.2. The maximum Gasteiger partial charge on any atom is 0.324 e. The van der Waals surface area contributed by atoms with E-state index in [4.69, 9.17) is 0 Å². The second-order valence-corrected chi connectivity index (χ2v) is 6.71. The van der Waals surface area contributed by atoms with Gasteiger partial charge in [-0.3, -0.25) is 4.79 Å². The smallest absolute Gasteiger partial charge is 0.324 e. The topological polar surface area (TPSA) is 83.5 Å². The van der Waals surface area contributed by atoms with Gasteiger partial charge < -0.3 is 5.11 Å². The zero-order valence-electron chi connectivity index (χ0n) is 12.2. The first kappa shape index (κ1) is 16.7. The average Bonchev–Trinajstić information content (AvgIpc) is 2.34. The van der Waals surface area contributed by atoms with Crippen LogP contribution in [-0.2, 0) is 14.8 Å². The van der Waals surface area contributed by atoms with Gasteiger partial charge in [-0.2, -0.15) is 4.72 Å². The van der Waals surface area contributed by atoms with Gasteiger partial charge in [-0.05, 0) is 49.9 Å². The number of carboxylic acids is 1. The Morgan fingerprint density at radius 3 is 1.95 bits per heavy atom. The first-order valence-electron chi connectivity index (χ1n) is 6.52. The van der Waals surface area contributed by atoms with E-state index in [-0.39, 0.29) is 17.7 Å². The minimum absolute atomic E-state index is 0.0996. The van der Waals surface area contributed by atoms with Gasteiger partial charge in [0, 0.05) is 0 Å². The van der Waals surface area contributed by atoms with E-state index in [0.29, 0.717) is 0 Å². The molecule has 1 aromatic rings. The van der Waals surface area contributed by atoms with Crippen LogP contribution in [0.4, 0.5) is 0 Å². The molecule has 0 aliphatic rings. The van der Waals surface area contributed by atoms with Crippen LogP contribution in [0.1, 0.15) is 37.8 Å². The Morgan fingerprint density at radius 1 is 1.15 bits per heavy atom. The number of nitrogens with one attached hydrogen (secondary N) is 1. The largest absolute Gasteiger partial charge is 0.480 e. The molecule has 0 atom stereocenters. The molecule has 5 nitrogen and oxygen atoms in total. The summed E-state index contributed by atoms with van der Waals surface area (Å²) in [7, 11) is -3.86. The first-order chi connectivity index (χ1) is 9.16. The Hall–Kier alpha value is -1.40. The van der Waals surface area contributed by atoms with Crippen LogP contribution in [0.2, 0.25) is 0 Å². The fraction of sp³-hybridized carbons (Fsp3) is 0.500. The number of hydrogen-bond acceptors (Lipinski definition) is 3. The van der Waals surface area contributed by atoms with E-state index in [0.717, 1.165) is 11.1 Å². The quantitative estimate of drug-likeness (QED) is 0.843. The van der Waals surface area contributed by atoms with Gasteiger partial charge in [-0.15, -0.1) is 0 Å². The zero-order valence-corrected chi connectivity index (χ0v) is 13.0. The van der Waals surface area contributed by atoms with Crippen LogP contribution in [0, 0.1) is 13.8 Å². The molecule has 1 aromatic carbocycles. The molecule has 0 aliphatic carbocycles. The number of sulfonamides is 1. The molecule has 1 rings (SSSR count). The highest BCUT2D eigenvalue weighted by Crippen LogP contribution is 2.21. The molecule has 0 heterocycles. The molecule has 0 radical (unpaired) electrons. The van der Waals surface area contributed by atoms with Crippen molar-refractivity contribution in [1.29, 1.82) is 0 Å². The summed E-state index contributed by atoms with van der Waals surface area (Å²) in [5.74, 6) is -1.16. The predicted molar refractivity (Wildman–Crippen MR) is 77.2 cm³/mol. The minimum atomic E-state index is -3.86. The molecule has 0 aromatic heterocycles. The highest BCUT2D eigenvalue weighted by molar-refractivity contribution is 7.89. The summed E-state index contributed by atoms with van der Waals surface area (Å²) in [5, 5.41) is 9.32. The van der Waals surface area contributed by atoms with E-state index in [9.17, 15) is 18.3 Å². The van der Waals surface area contributed by atoms with Gasteiger partial charge in [-0.25, -0.2) is 8.42 Å². The van der Waals surface area contributed by atoms with Crippen molar-refractivity contribution in [2.75, 3.05) is 0 Å². The van der Waals surface area contributed by atoms with Gasteiger partial charge in [0.15, 0.2) is 0 Å². The summed E-state index contributed by atoms with van der Waals surface area (Å²) >= 11 is 0. The molecule has 0 amide bonds. The molecule has 0 bridgehead atoms. The number of rotatable bonds is 6. The van der Waals surface area contributed by atoms with Gasteiger partial charge in [-0.1, -0.05) is 19.9 Å². The van der Waals surface area contributed by atoms with E-state index in [1.807, 2.05) is 6.07 Å². The SMILES string of the molecule is CCC(CC)(NS(=O)(=O)c1cc(C)cc(C)c1)C(=O)O. The average molecular weight is 299 g/mol. The number of carbonyl (C=O) groups is 1. The molecular weight excluding hydrogens is 278 g/mol. The Morgan fingerprint density at radius 2 is 1.60 bits per heavy atom. The van der Waals surface area contributed by atoms with Crippen molar-refractivity contribution in [3.05, 3.63) is 29.3 Å². The van der Waals surface area contributed by atoms with Crippen LogP contribution >= 0.6 is 0 Å². The fourth-order valence-electron chi connectivity index (χ4n) is 2.14. The number of aliphatic carboxylic acids is 1. The monoisotopic (exact) mass is 299 g/mol. The summed E-state index contributed by atoms with van der Waals surface area (Å²) in [6.45, 7) is 6.91. The van der Waals surface area contributed by atoms with Gasteiger partial charge in [0.1, 0.15) is 5.54 Å². The van der Waals surface area contributed by atoms with E-state index < -0.39 is 21.5 Å². The van der Waals surface area contributed by atoms with Gasteiger partial charge in [0.2, 0.25) is 10.0 Å². The van der Waals surface area contributed by atoms with Crippen LogP contribution in [-0.4, -0.2) is 25.0 Å². The lowest BCUT2D eigenvalue weighted by Crippen LogP contribution is -2.53.